The molecule has 120 valence electrons. The third-order valence-electron chi connectivity index (χ3n) is 4.57. The van der Waals surface area contributed by atoms with E-state index in [0.717, 1.165) is 38.0 Å². The van der Waals surface area contributed by atoms with Crippen LogP contribution in [0.2, 0.25) is 0 Å². The second-order valence-electron chi connectivity index (χ2n) is 5.47. The number of hydrogen-bond donors (Lipinski definition) is 1. The van der Waals surface area contributed by atoms with Crippen molar-refractivity contribution >= 4 is 0 Å². The minimum Gasteiger partial charge on any atom is -0.497 e. The lowest BCUT2D eigenvalue weighted by molar-refractivity contribution is -0.0489. The van der Waals surface area contributed by atoms with Crippen LogP contribution >= 0.6 is 0 Å². The highest BCUT2D eigenvalue weighted by atomic mass is 16.5. The second-order valence-corrected chi connectivity index (χ2v) is 5.47. The largest absolute Gasteiger partial charge is 0.497 e. The molecule has 1 N–H and O–H groups in total. The van der Waals surface area contributed by atoms with Gasteiger partial charge in [-0.3, -0.25) is 0 Å². The SMILES string of the molecule is CCNC(CCc1ccc(OC)cc1)C(CC)(CC)OC. The minimum absolute atomic E-state index is 0.0670. The molecular weight excluding hydrogens is 262 g/mol. The Balaban J connectivity index is 2.73. The van der Waals surface area contributed by atoms with Gasteiger partial charge in [0, 0.05) is 13.2 Å². The van der Waals surface area contributed by atoms with Crippen molar-refractivity contribution in [3.8, 4) is 5.75 Å². The van der Waals surface area contributed by atoms with Crippen LogP contribution in [0.4, 0.5) is 0 Å². The van der Waals surface area contributed by atoms with Gasteiger partial charge in [0.1, 0.15) is 5.75 Å². The van der Waals surface area contributed by atoms with Gasteiger partial charge >= 0.3 is 0 Å². The van der Waals surface area contributed by atoms with Crippen molar-refractivity contribution in [2.45, 2.75) is 58.1 Å². The molecule has 0 aromatic heterocycles. The van der Waals surface area contributed by atoms with Gasteiger partial charge < -0.3 is 14.8 Å². The molecule has 0 amide bonds. The van der Waals surface area contributed by atoms with Gasteiger partial charge in [0.05, 0.1) is 12.7 Å². The normalized spacial score (nSPS) is 13.2. The first-order chi connectivity index (χ1) is 10.2. The molecule has 0 fully saturated rings. The van der Waals surface area contributed by atoms with Crippen molar-refractivity contribution in [2.75, 3.05) is 20.8 Å². The quantitative estimate of drug-likeness (QED) is 0.711. The first-order valence-corrected chi connectivity index (χ1v) is 8.07. The van der Waals surface area contributed by atoms with Crippen LogP contribution in [0.15, 0.2) is 24.3 Å². The van der Waals surface area contributed by atoms with Gasteiger partial charge in [0.25, 0.3) is 0 Å². The van der Waals surface area contributed by atoms with E-state index in [0.29, 0.717) is 6.04 Å². The van der Waals surface area contributed by atoms with E-state index in [1.807, 2.05) is 19.2 Å². The molecule has 0 aliphatic heterocycles. The zero-order valence-electron chi connectivity index (χ0n) is 14.2. The van der Waals surface area contributed by atoms with Crippen LogP contribution in [0.5, 0.6) is 5.75 Å². The third kappa shape index (κ3) is 4.72. The molecule has 0 radical (unpaired) electrons. The van der Waals surface area contributed by atoms with Crippen molar-refractivity contribution < 1.29 is 9.47 Å². The van der Waals surface area contributed by atoms with Gasteiger partial charge in [-0.2, -0.15) is 0 Å². The van der Waals surface area contributed by atoms with Crippen LogP contribution in [-0.4, -0.2) is 32.4 Å². The summed E-state index contributed by atoms with van der Waals surface area (Å²) < 4.78 is 11.1. The molecule has 3 nitrogen and oxygen atoms in total. The molecule has 1 rings (SSSR count). The fraction of sp³-hybridized carbons (Fsp3) is 0.667. The number of likely N-dealkylation sites (N-methyl/N-ethyl adjacent to an activating group) is 1. The molecular formula is C18H31NO2. The monoisotopic (exact) mass is 293 g/mol. The molecule has 0 aliphatic rings. The summed E-state index contributed by atoms with van der Waals surface area (Å²) >= 11 is 0. The number of aryl methyl sites for hydroxylation is 1. The zero-order valence-corrected chi connectivity index (χ0v) is 14.2. The molecule has 1 aromatic carbocycles. The summed E-state index contributed by atoms with van der Waals surface area (Å²) in [6, 6.07) is 8.73. The second kappa shape index (κ2) is 9.06. The molecule has 0 saturated carbocycles. The van der Waals surface area contributed by atoms with Gasteiger partial charge in [0.15, 0.2) is 0 Å². The molecule has 0 heterocycles. The van der Waals surface area contributed by atoms with Crippen molar-refractivity contribution in [1.82, 2.24) is 5.32 Å². The Bertz CT molecular complexity index is 376. The Kier molecular flexibility index (Phi) is 7.76. The molecule has 3 heteroatoms. The predicted octanol–water partition coefficient (Wildman–Crippen LogP) is 3.81. The minimum atomic E-state index is -0.0670. The zero-order chi connectivity index (χ0) is 15.7. The average Bonchev–Trinajstić information content (AvgIpc) is 2.55. The van der Waals surface area contributed by atoms with E-state index in [9.17, 15) is 0 Å². The maximum Gasteiger partial charge on any atom is 0.118 e. The fourth-order valence-electron chi connectivity index (χ4n) is 3.07. The molecule has 1 unspecified atom stereocenters. The van der Waals surface area contributed by atoms with Crippen molar-refractivity contribution in [1.29, 1.82) is 0 Å². The number of rotatable bonds is 10. The van der Waals surface area contributed by atoms with Gasteiger partial charge in [0.2, 0.25) is 0 Å². The summed E-state index contributed by atoms with van der Waals surface area (Å²) in [6.07, 6.45) is 4.18. The van der Waals surface area contributed by atoms with Crippen LogP contribution in [0.3, 0.4) is 0 Å². The number of hydrogen-bond acceptors (Lipinski definition) is 3. The maximum atomic E-state index is 5.89. The summed E-state index contributed by atoms with van der Waals surface area (Å²) in [5, 5.41) is 3.62. The Hall–Kier alpha value is -1.06. The third-order valence-corrected chi connectivity index (χ3v) is 4.57. The van der Waals surface area contributed by atoms with E-state index >= 15 is 0 Å². The number of benzene rings is 1. The standard InChI is InChI=1S/C18H31NO2/c1-6-18(7-2,21-5)17(19-8-3)14-11-15-9-12-16(20-4)13-10-15/h9-10,12-13,17,19H,6-8,11,14H2,1-5H3. The Morgan fingerprint density at radius 1 is 1.05 bits per heavy atom. The van der Waals surface area contributed by atoms with Crippen LogP contribution < -0.4 is 10.1 Å². The van der Waals surface area contributed by atoms with Gasteiger partial charge in [-0.1, -0.05) is 32.9 Å². The van der Waals surface area contributed by atoms with Crippen molar-refractivity contribution in [2.24, 2.45) is 0 Å². The summed E-state index contributed by atoms with van der Waals surface area (Å²) in [7, 11) is 3.54. The number of ether oxygens (including phenoxy) is 2. The van der Waals surface area contributed by atoms with E-state index in [1.54, 1.807) is 7.11 Å². The average molecular weight is 293 g/mol. The highest BCUT2D eigenvalue weighted by Crippen LogP contribution is 2.27. The molecule has 0 spiro atoms. The summed E-state index contributed by atoms with van der Waals surface area (Å²) in [5.41, 5.74) is 1.28. The Morgan fingerprint density at radius 3 is 2.10 bits per heavy atom. The summed E-state index contributed by atoms with van der Waals surface area (Å²) in [4.78, 5) is 0. The van der Waals surface area contributed by atoms with E-state index in [4.69, 9.17) is 9.47 Å². The van der Waals surface area contributed by atoms with Crippen LogP contribution in [0.1, 0.15) is 45.6 Å². The molecule has 0 aliphatic carbocycles. The van der Waals surface area contributed by atoms with Crippen LogP contribution in [0, 0.1) is 0 Å². The smallest absolute Gasteiger partial charge is 0.118 e. The highest BCUT2D eigenvalue weighted by Gasteiger charge is 2.34. The maximum absolute atomic E-state index is 5.89. The van der Waals surface area contributed by atoms with Crippen LogP contribution in [-0.2, 0) is 11.2 Å². The van der Waals surface area contributed by atoms with E-state index < -0.39 is 0 Å². The molecule has 21 heavy (non-hydrogen) atoms. The Labute approximate surface area is 130 Å². The molecule has 1 aromatic rings. The first kappa shape index (κ1) is 18.0. The number of methoxy groups -OCH3 is 2. The van der Waals surface area contributed by atoms with E-state index in [2.05, 4.69) is 38.2 Å². The van der Waals surface area contributed by atoms with Crippen LogP contribution in [0.25, 0.3) is 0 Å². The topological polar surface area (TPSA) is 30.5 Å². The predicted molar refractivity (Wildman–Crippen MR) is 89.1 cm³/mol. The lowest BCUT2D eigenvalue weighted by Crippen LogP contribution is -2.51. The number of nitrogens with one attached hydrogen (secondary N) is 1. The highest BCUT2D eigenvalue weighted by molar-refractivity contribution is 5.27. The van der Waals surface area contributed by atoms with Crippen molar-refractivity contribution in [3.63, 3.8) is 0 Å². The van der Waals surface area contributed by atoms with Gasteiger partial charge in [-0.05, 0) is 49.9 Å². The lowest BCUT2D eigenvalue weighted by atomic mass is 9.84. The lowest BCUT2D eigenvalue weighted by Gasteiger charge is -2.39. The van der Waals surface area contributed by atoms with Gasteiger partial charge in [-0.25, -0.2) is 0 Å². The van der Waals surface area contributed by atoms with E-state index in [-0.39, 0.29) is 5.60 Å². The summed E-state index contributed by atoms with van der Waals surface area (Å²) in [5.74, 6) is 0.912. The fourth-order valence-corrected chi connectivity index (χ4v) is 3.07. The Morgan fingerprint density at radius 2 is 1.67 bits per heavy atom. The van der Waals surface area contributed by atoms with Gasteiger partial charge in [-0.15, -0.1) is 0 Å². The molecule has 0 saturated heterocycles. The van der Waals surface area contributed by atoms with Crippen molar-refractivity contribution in [3.05, 3.63) is 29.8 Å². The summed E-state index contributed by atoms with van der Waals surface area (Å²) in [6.45, 7) is 7.56. The van der Waals surface area contributed by atoms with E-state index in [1.165, 1.54) is 5.56 Å². The first-order valence-electron chi connectivity index (χ1n) is 8.07. The molecule has 1 atom stereocenters. The molecule has 0 bridgehead atoms.